The Labute approximate surface area is 139 Å². The van der Waals surface area contributed by atoms with Gasteiger partial charge in [-0.1, -0.05) is 0 Å². The number of fused-ring (bicyclic) bond motifs is 1. The zero-order chi connectivity index (χ0) is 16.8. The highest BCUT2D eigenvalue weighted by atomic mass is 16.6. The first-order chi connectivity index (χ1) is 11.6. The minimum Gasteiger partial charge on any atom is -0.462 e. The third-order valence-corrected chi connectivity index (χ3v) is 5.45. The molecule has 1 saturated heterocycles. The summed E-state index contributed by atoms with van der Waals surface area (Å²) in [6.45, 7) is 2.07. The molecule has 1 aromatic carbocycles. The third-order valence-electron chi connectivity index (χ3n) is 5.45. The summed E-state index contributed by atoms with van der Waals surface area (Å²) in [6, 6.07) is 6.59. The van der Waals surface area contributed by atoms with E-state index in [0.29, 0.717) is 17.9 Å². The summed E-state index contributed by atoms with van der Waals surface area (Å²) in [5.41, 5.74) is 1.05. The highest BCUT2D eigenvalue weighted by Crippen LogP contribution is 2.57. The summed E-state index contributed by atoms with van der Waals surface area (Å²) < 4.78 is 10.3. The molecule has 0 unspecified atom stereocenters. The van der Waals surface area contributed by atoms with Gasteiger partial charge in [-0.3, -0.25) is 9.59 Å². The number of nitrogens with one attached hydrogen (secondary N) is 1. The van der Waals surface area contributed by atoms with Crippen LogP contribution in [0.1, 0.15) is 30.1 Å². The van der Waals surface area contributed by atoms with Gasteiger partial charge in [-0.15, -0.1) is 0 Å². The lowest BCUT2D eigenvalue weighted by Crippen LogP contribution is -2.35. The van der Waals surface area contributed by atoms with Gasteiger partial charge in [0.15, 0.2) is 0 Å². The van der Waals surface area contributed by atoms with Gasteiger partial charge in [0, 0.05) is 11.6 Å². The number of rotatable bonds is 4. The molecule has 0 spiro atoms. The van der Waals surface area contributed by atoms with E-state index >= 15 is 0 Å². The van der Waals surface area contributed by atoms with Gasteiger partial charge in [0.2, 0.25) is 5.91 Å². The molecule has 2 saturated carbocycles. The second-order valence-electron chi connectivity index (χ2n) is 6.71. The summed E-state index contributed by atoms with van der Waals surface area (Å²) in [5.74, 6) is -0.877. The number of benzene rings is 1. The van der Waals surface area contributed by atoms with E-state index in [1.807, 2.05) is 0 Å². The summed E-state index contributed by atoms with van der Waals surface area (Å²) >= 11 is 0. The highest BCUT2D eigenvalue weighted by molar-refractivity contribution is 5.97. The Morgan fingerprint density at radius 1 is 1.25 bits per heavy atom. The van der Waals surface area contributed by atoms with Crippen LogP contribution in [0.5, 0.6) is 0 Å². The predicted octanol–water partition coefficient (Wildman–Crippen LogP) is 2.00. The lowest BCUT2D eigenvalue weighted by atomic mass is 9.79. The molecule has 2 aliphatic carbocycles. The topological polar surface area (TPSA) is 81.7 Å². The van der Waals surface area contributed by atoms with Gasteiger partial charge in [-0.05, 0) is 49.9 Å². The van der Waals surface area contributed by atoms with Crippen LogP contribution in [0, 0.1) is 23.7 Å². The minimum absolute atomic E-state index is 0.0282. The van der Waals surface area contributed by atoms with Crippen LogP contribution in [-0.2, 0) is 19.1 Å². The van der Waals surface area contributed by atoms with Crippen LogP contribution in [0.25, 0.3) is 0 Å². The van der Waals surface area contributed by atoms with E-state index in [1.54, 1.807) is 31.2 Å². The first-order valence-corrected chi connectivity index (χ1v) is 8.37. The molecule has 1 heterocycles. The molecule has 6 heteroatoms. The number of amides is 1. The standard InChI is InChI=1S/C18H19NO5/c1-2-23-17(21)9-3-5-11(6-4-9)19-16(20)14-10-7-12-13(8-10)24-18(22)15(12)14/h3-6,10,12-15H,2,7-8H2,1H3,(H,19,20)/t10-,12+,13+,14-,15-/m1/s1. The van der Waals surface area contributed by atoms with E-state index in [4.69, 9.17) is 9.47 Å². The Bertz CT molecular complexity index is 696. The summed E-state index contributed by atoms with van der Waals surface area (Å²) in [6.07, 6.45) is 1.73. The zero-order valence-corrected chi connectivity index (χ0v) is 13.4. The average Bonchev–Trinajstić information content (AvgIpc) is 3.17. The maximum absolute atomic E-state index is 12.6. The van der Waals surface area contributed by atoms with Crippen LogP contribution < -0.4 is 5.32 Å². The molecule has 3 aliphatic rings. The van der Waals surface area contributed by atoms with Gasteiger partial charge in [0.25, 0.3) is 0 Å². The SMILES string of the molecule is CCOC(=O)c1ccc(NC(=O)[C@@H]2[C@@H]3C[C@@H]4[C@H]2C(=O)O[C@H]4C3)cc1. The van der Waals surface area contributed by atoms with Gasteiger partial charge in [0.05, 0.1) is 24.0 Å². The van der Waals surface area contributed by atoms with E-state index < -0.39 is 0 Å². The highest BCUT2D eigenvalue weighted by Gasteiger charge is 2.63. The van der Waals surface area contributed by atoms with Crippen molar-refractivity contribution in [1.29, 1.82) is 0 Å². The Hall–Kier alpha value is -2.37. The van der Waals surface area contributed by atoms with Crippen LogP contribution in [0.2, 0.25) is 0 Å². The van der Waals surface area contributed by atoms with E-state index in [1.165, 1.54) is 0 Å². The van der Waals surface area contributed by atoms with Crippen molar-refractivity contribution in [2.45, 2.75) is 25.9 Å². The Morgan fingerprint density at radius 3 is 2.71 bits per heavy atom. The van der Waals surface area contributed by atoms with Gasteiger partial charge < -0.3 is 14.8 Å². The minimum atomic E-state index is -0.386. The van der Waals surface area contributed by atoms with Crippen LogP contribution in [0.15, 0.2) is 24.3 Å². The van der Waals surface area contributed by atoms with Crippen molar-refractivity contribution in [3.05, 3.63) is 29.8 Å². The monoisotopic (exact) mass is 329 g/mol. The molecule has 6 nitrogen and oxygen atoms in total. The molecule has 24 heavy (non-hydrogen) atoms. The average molecular weight is 329 g/mol. The largest absolute Gasteiger partial charge is 0.462 e. The summed E-state index contributed by atoms with van der Waals surface area (Å²) in [5, 5.41) is 2.87. The fourth-order valence-electron chi connectivity index (χ4n) is 4.49. The second kappa shape index (κ2) is 5.61. The molecule has 5 atom stereocenters. The molecule has 0 aromatic heterocycles. The van der Waals surface area contributed by atoms with Crippen LogP contribution in [0.4, 0.5) is 5.69 Å². The quantitative estimate of drug-likeness (QED) is 0.855. The molecule has 4 rings (SSSR count). The number of esters is 2. The molecule has 126 valence electrons. The van der Waals surface area contributed by atoms with Crippen molar-refractivity contribution in [1.82, 2.24) is 0 Å². The van der Waals surface area contributed by atoms with Crippen LogP contribution in [-0.4, -0.2) is 30.6 Å². The fourth-order valence-corrected chi connectivity index (χ4v) is 4.49. The molecular weight excluding hydrogens is 310 g/mol. The zero-order valence-electron chi connectivity index (χ0n) is 13.4. The van der Waals surface area contributed by atoms with Gasteiger partial charge >= 0.3 is 11.9 Å². The number of hydrogen-bond acceptors (Lipinski definition) is 5. The molecule has 3 fully saturated rings. The molecule has 1 N–H and O–H groups in total. The van der Waals surface area contributed by atoms with E-state index in [0.717, 1.165) is 12.8 Å². The predicted molar refractivity (Wildman–Crippen MR) is 84.1 cm³/mol. The van der Waals surface area contributed by atoms with Gasteiger partial charge in [0.1, 0.15) is 6.10 Å². The first-order valence-electron chi connectivity index (χ1n) is 8.37. The second-order valence-corrected chi connectivity index (χ2v) is 6.71. The number of hydrogen-bond donors (Lipinski definition) is 1. The number of carbonyl (C=O) groups is 3. The summed E-state index contributed by atoms with van der Waals surface area (Å²) in [7, 11) is 0. The summed E-state index contributed by atoms with van der Waals surface area (Å²) in [4.78, 5) is 36.3. The van der Waals surface area contributed by atoms with Crippen molar-refractivity contribution in [2.24, 2.45) is 23.7 Å². The Kier molecular flexibility index (Phi) is 3.55. The van der Waals surface area contributed by atoms with Crippen molar-refractivity contribution in [3.63, 3.8) is 0 Å². The number of carbonyl (C=O) groups excluding carboxylic acids is 3. The number of ether oxygens (including phenoxy) is 2. The molecule has 1 amide bonds. The van der Waals surface area contributed by atoms with Gasteiger partial charge in [-0.2, -0.15) is 0 Å². The van der Waals surface area contributed by atoms with Crippen LogP contribution >= 0.6 is 0 Å². The smallest absolute Gasteiger partial charge is 0.338 e. The van der Waals surface area contributed by atoms with E-state index in [9.17, 15) is 14.4 Å². The Balaban J connectivity index is 1.45. The van der Waals surface area contributed by atoms with Crippen molar-refractivity contribution in [2.75, 3.05) is 11.9 Å². The van der Waals surface area contributed by atoms with Gasteiger partial charge in [-0.25, -0.2) is 4.79 Å². The van der Waals surface area contributed by atoms with E-state index in [-0.39, 0.29) is 47.6 Å². The third kappa shape index (κ3) is 2.28. The lowest BCUT2D eigenvalue weighted by molar-refractivity contribution is -0.145. The number of anilines is 1. The maximum Gasteiger partial charge on any atom is 0.338 e. The normalized spacial score (nSPS) is 32.5. The van der Waals surface area contributed by atoms with E-state index in [2.05, 4.69) is 5.32 Å². The Morgan fingerprint density at radius 2 is 2.00 bits per heavy atom. The molecule has 0 radical (unpaired) electrons. The van der Waals surface area contributed by atoms with Crippen LogP contribution in [0.3, 0.4) is 0 Å². The maximum atomic E-state index is 12.6. The van der Waals surface area contributed by atoms with Crippen molar-refractivity contribution >= 4 is 23.5 Å². The lowest BCUT2D eigenvalue weighted by Gasteiger charge is -2.23. The van der Waals surface area contributed by atoms with Crippen molar-refractivity contribution in [3.8, 4) is 0 Å². The molecule has 1 aromatic rings. The fraction of sp³-hybridized carbons (Fsp3) is 0.500. The molecular formula is C18H19NO5. The van der Waals surface area contributed by atoms with Crippen molar-refractivity contribution < 1.29 is 23.9 Å². The molecule has 2 bridgehead atoms. The first kappa shape index (κ1) is 15.2. The molecule has 1 aliphatic heterocycles.